The molecule has 1 atom stereocenters. The standard InChI is InChI=1S/C20H32N2O2/c1-4-24-19-10-9-18(14-17(19)3)20(23)21-11-5-6-12-22-13-7-8-16(2)15-22/h9-10,14,16H,4-8,11-13,15H2,1-3H3,(H,21,23). The van der Waals surface area contributed by atoms with Crippen molar-refractivity contribution >= 4 is 5.91 Å². The Labute approximate surface area is 146 Å². The van der Waals surface area contributed by atoms with Gasteiger partial charge in [0.05, 0.1) is 6.61 Å². The number of ether oxygens (including phenoxy) is 1. The highest BCUT2D eigenvalue weighted by Crippen LogP contribution is 2.19. The van der Waals surface area contributed by atoms with Gasteiger partial charge in [-0.05, 0) is 82.3 Å². The van der Waals surface area contributed by atoms with Crippen LogP contribution < -0.4 is 10.1 Å². The molecule has 2 rings (SSSR count). The Balaban J connectivity index is 1.67. The van der Waals surface area contributed by atoms with E-state index in [9.17, 15) is 4.79 Å². The third-order valence-electron chi connectivity index (χ3n) is 4.66. The van der Waals surface area contributed by atoms with E-state index in [0.29, 0.717) is 12.2 Å². The molecule has 1 aromatic rings. The lowest BCUT2D eigenvalue weighted by Gasteiger charge is -2.30. The van der Waals surface area contributed by atoms with Gasteiger partial charge in [0.1, 0.15) is 5.75 Å². The van der Waals surface area contributed by atoms with Gasteiger partial charge in [-0.1, -0.05) is 6.92 Å². The molecular weight excluding hydrogens is 300 g/mol. The summed E-state index contributed by atoms with van der Waals surface area (Å²) in [6.07, 6.45) is 4.88. The second-order valence-electron chi connectivity index (χ2n) is 6.92. The first-order valence-corrected chi connectivity index (χ1v) is 9.34. The van der Waals surface area contributed by atoms with Crippen molar-refractivity contribution in [2.24, 2.45) is 5.92 Å². The van der Waals surface area contributed by atoms with Crippen molar-refractivity contribution in [1.29, 1.82) is 0 Å². The molecule has 1 heterocycles. The van der Waals surface area contributed by atoms with Crippen LogP contribution >= 0.6 is 0 Å². The van der Waals surface area contributed by atoms with Crippen LogP contribution in [-0.4, -0.2) is 43.6 Å². The van der Waals surface area contributed by atoms with Gasteiger partial charge in [-0.15, -0.1) is 0 Å². The number of nitrogens with zero attached hydrogens (tertiary/aromatic N) is 1. The lowest BCUT2D eigenvalue weighted by molar-refractivity contribution is 0.0952. The van der Waals surface area contributed by atoms with Crippen LogP contribution in [0.15, 0.2) is 18.2 Å². The fourth-order valence-electron chi connectivity index (χ4n) is 3.36. The summed E-state index contributed by atoms with van der Waals surface area (Å²) in [4.78, 5) is 14.8. The first kappa shape index (κ1) is 18.8. The van der Waals surface area contributed by atoms with Crippen molar-refractivity contribution in [2.45, 2.75) is 46.5 Å². The van der Waals surface area contributed by atoms with E-state index in [-0.39, 0.29) is 5.91 Å². The molecule has 4 nitrogen and oxygen atoms in total. The van der Waals surface area contributed by atoms with Crippen molar-refractivity contribution in [1.82, 2.24) is 10.2 Å². The Kier molecular flexibility index (Phi) is 7.57. The minimum absolute atomic E-state index is 0.00717. The van der Waals surface area contributed by atoms with Gasteiger partial charge < -0.3 is 15.0 Å². The quantitative estimate of drug-likeness (QED) is 0.739. The fourth-order valence-corrected chi connectivity index (χ4v) is 3.36. The van der Waals surface area contributed by atoms with E-state index in [1.165, 1.54) is 25.9 Å². The van der Waals surface area contributed by atoms with E-state index in [4.69, 9.17) is 4.74 Å². The molecule has 1 unspecified atom stereocenters. The third-order valence-corrected chi connectivity index (χ3v) is 4.66. The van der Waals surface area contributed by atoms with E-state index >= 15 is 0 Å². The zero-order valence-electron chi connectivity index (χ0n) is 15.4. The van der Waals surface area contributed by atoms with E-state index in [1.54, 1.807) is 0 Å². The van der Waals surface area contributed by atoms with Gasteiger partial charge in [-0.25, -0.2) is 0 Å². The number of rotatable bonds is 8. The van der Waals surface area contributed by atoms with Gasteiger partial charge in [0, 0.05) is 18.7 Å². The summed E-state index contributed by atoms with van der Waals surface area (Å²) in [5.41, 5.74) is 1.71. The van der Waals surface area contributed by atoms with Crippen LogP contribution in [0.25, 0.3) is 0 Å². The van der Waals surface area contributed by atoms with E-state index in [2.05, 4.69) is 17.1 Å². The minimum Gasteiger partial charge on any atom is -0.494 e. The molecule has 0 bridgehead atoms. The average molecular weight is 332 g/mol. The number of amides is 1. The van der Waals surface area contributed by atoms with Crippen LogP contribution in [0.5, 0.6) is 5.75 Å². The zero-order valence-corrected chi connectivity index (χ0v) is 15.4. The Morgan fingerprint density at radius 2 is 2.21 bits per heavy atom. The van der Waals surface area contributed by atoms with E-state index in [0.717, 1.165) is 43.2 Å². The normalized spacial score (nSPS) is 18.4. The number of carbonyl (C=O) groups is 1. The Morgan fingerprint density at radius 3 is 2.92 bits per heavy atom. The number of aryl methyl sites for hydroxylation is 1. The summed E-state index contributed by atoms with van der Waals surface area (Å²) >= 11 is 0. The first-order valence-electron chi connectivity index (χ1n) is 9.34. The molecule has 0 radical (unpaired) electrons. The van der Waals surface area contributed by atoms with Crippen LogP contribution in [0.4, 0.5) is 0 Å². The molecule has 1 fully saturated rings. The molecule has 4 heteroatoms. The summed E-state index contributed by atoms with van der Waals surface area (Å²) in [6.45, 7) is 11.3. The maximum Gasteiger partial charge on any atom is 0.251 e. The topological polar surface area (TPSA) is 41.6 Å². The van der Waals surface area contributed by atoms with Gasteiger partial charge >= 0.3 is 0 Å². The van der Waals surface area contributed by atoms with Gasteiger partial charge in [0.25, 0.3) is 5.91 Å². The van der Waals surface area contributed by atoms with Gasteiger partial charge in [-0.2, -0.15) is 0 Å². The second-order valence-corrected chi connectivity index (χ2v) is 6.92. The number of likely N-dealkylation sites (tertiary alicyclic amines) is 1. The summed E-state index contributed by atoms with van der Waals surface area (Å²) in [6, 6.07) is 5.61. The molecule has 134 valence electrons. The Hall–Kier alpha value is -1.55. The number of nitrogens with one attached hydrogen (secondary N) is 1. The SMILES string of the molecule is CCOc1ccc(C(=O)NCCCCN2CCCC(C)C2)cc1C. The van der Waals surface area contributed by atoms with Crippen molar-refractivity contribution in [2.75, 3.05) is 32.8 Å². The molecule has 1 aliphatic heterocycles. The molecule has 1 N–H and O–H groups in total. The number of hydrogen-bond acceptors (Lipinski definition) is 3. The van der Waals surface area contributed by atoms with Gasteiger partial charge in [0.2, 0.25) is 0 Å². The molecule has 0 aliphatic carbocycles. The number of piperidine rings is 1. The van der Waals surface area contributed by atoms with Gasteiger partial charge in [-0.3, -0.25) is 4.79 Å². The predicted octanol–water partition coefficient (Wildman–Crippen LogP) is 3.64. The Bertz CT molecular complexity index is 530. The molecule has 0 spiro atoms. The van der Waals surface area contributed by atoms with Crippen LogP contribution in [-0.2, 0) is 0 Å². The second kappa shape index (κ2) is 9.67. The largest absolute Gasteiger partial charge is 0.494 e. The highest BCUT2D eigenvalue weighted by Gasteiger charge is 2.15. The van der Waals surface area contributed by atoms with Gasteiger partial charge in [0.15, 0.2) is 0 Å². The number of carbonyl (C=O) groups excluding carboxylic acids is 1. The van der Waals surface area contributed by atoms with Crippen LogP contribution in [0.1, 0.15) is 55.5 Å². The highest BCUT2D eigenvalue weighted by atomic mass is 16.5. The summed E-state index contributed by atoms with van der Waals surface area (Å²) in [5, 5.41) is 3.03. The molecule has 1 saturated heterocycles. The fraction of sp³-hybridized carbons (Fsp3) is 0.650. The van der Waals surface area contributed by atoms with Crippen molar-refractivity contribution in [3.63, 3.8) is 0 Å². The Morgan fingerprint density at radius 1 is 1.38 bits per heavy atom. The van der Waals surface area contributed by atoms with Crippen molar-refractivity contribution in [3.05, 3.63) is 29.3 Å². The third kappa shape index (κ3) is 5.82. The van der Waals surface area contributed by atoms with Crippen molar-refractivity contribution in [3.8, 4) is 5.75 Å². The van der Waals surface area contributed by atoms with E-state index in [1.807, 2.05) is 32.0 Å². The summed E-state index contributed by atoms with van der Waals surface area (Å²) in [5.74, 6) is 1.69. The summed E-state index contributed by atoms with van der Waals surface area (Å²) in [7, 11) is 0. The van der Waals surface area contributed by atoms with Crippen molar-refractivity contribution < 1.29 is 9.53 Å². The number of benzene rings is 1. The maximum atomic E-state index is 12.2. The maximum absolute atomic E-state index is 12.2. The minimum atomic E-state index is 0.00717. The van der Waals surface area contributed by atoms with Crippen LogP contribution in [0, 0.1) is 12.8 Å². The monoisotopic (exact) mass is 332 g/mol. The smallest absolute Gasteiger partial charge is 0.251 e. The predicted molar refractivity (Wildman–Crippen MR) is 98.8 cm³/mol. The molecule has 0 saturated carbocycles. The molecular formula is C20H32N2O2. The molecule has 0 aromatic heterocycles. The lowest BCUT2D eigenvalue weighted by Crippen LogP contribution is -2.35. The summed E-state index contributed by atoms with van der Waals surface area (Å²) < 4.78 is 5.51. The number of hydrogen-bond donors (Lipinski definition) is 1. The highest BCUT2D eigenvalue weighted by molar-refractivity contribution is 5.94. The first-order chi connectivity index (χ1) is 11.6. The average Bonchev–Trinajstić information content (AvgIpc) is 2.56. The lowest BCUT2D eigenvalue weighted by atomic mass is 10.0. The molecule has 1 amide bonds. The van der Waals surface area contributed by atoms with Crippen LogP contribution in [0.2, 0.25) is 0 Å². The molecule has 24 heavy (non-hydrogen) atoms. The van der Waals surface area contributed by atoms with Crippen LogP contribution in [0.3, 0.4) is 0 Å². The van der Waals surface area contributed by atoms with E-state index < -0.39 is 0 Å². The zero-order chi connectivity index (χ0) is 17.4. The number of unbranched alkanes of at least 4 members (excludes halogenated alkanes) is 1. The molecule has 1 aromatic carbocycles. The molecule has 1 aliphatic rings.